The van der Waals surface area contributed by atoms with Gasteiger partial charge >= 0.3 is 0 Å². The third kappa shape index (κ3) is 3.15. The van der Waals surface area contributed by atoms with Gasteiger partial charge in [-0.1, -0.05) is 29.3 Å². The Kier molecular flexibility index (Phi) is 4.08. The van der Waals surface area contributed by atoms with Crippen LogP contribution in [0.1, 0.15) is 0 Å². The highest BCUT2D eigenvalue weighted by Crippen LogP contribution is 2.27. The zero-order valence-corrected chi connectivity index (χ0v) is 12.2. The largest absolute Gasteiger partial charge is 0.398 e. The van der Waals surface area contributed by atoms with Gasteiger partial charge in [0.1, 0.15) is 10.7 Å². The van der Waals surface area contributed by atoms with Crippen LogP contribution < -0.4 is 10.5 Å². The lowest BCUT2D eigenvalue weighted by Gasteiger charge is -2.11. The second kappa shape index (κ2) is 5.47. The molecular weight excluding hydrogens is 326 g/mol. The normalized spacial score (nSPS) is 11.3. The molecule has 0 aliphatic carbocycles. The van der Waals surface area contributed by atoms with E-state index in [-0.39, 0.29) is 21.4 Å². The van der Waals surface area contributed by atoms with E-state index in [9.17, 15) is 12.8 Å². The minimum Gasteiger partial charge on any atom is -0.398 e. The summed E-state index contributed by atoms with van der Waals surface area (Å²) < 4.78 is 40.1. The van der Waals surface area contributed by atoms with Crippen molar-refractivity contribution >= 4 is 44.6 Å². The molecule has 0 aliphatic rings. The fraction of sp³-hybridized carbons (Fsp3) is 0. The maximum Gasteiger partial charge on any atom is 0.266 e. The quantitative estimate of drug-likeness (QED) is 0.843. The molecule has 3 N–H and O–H groups in total. The molecule has 8 heteroatoms. The lowest BCUT2D eigenvalue weighted by atomic mass is 10.3. The molecule has 0 fully saturated rings. The van der Waals surface area contributed by atoms with Crippen LogP contribution >= 0.6 is 23.2 Å². The van der Waals surface area contributed by atoms with Crippen LogP contribution in [0.25, 0.3) is 0 Å². The van der Waals surface area contributed by atoms with Gasteiger partial charge in [-0.15, -0.1) is 0 Å². The molecule has 20 heavy (non-hydrogen) atoms. The average Bonchev–Trinajstić information content (AvgIpc) is 2.25. The van der Waals surface area contributed by atoms with Crippen LogP contribution in [-0.4, -0.2) is 8.42 Å². The fourth-order valence-electron chi connectivity index (χ4n) is 1.63. The summed E-state index contributed by atoms with van der Waals surface area (Å²) in [5.41, 5.74) is 5.44. The highest BCUT2D eigenvalue weighted by Gasteiger charge is 2.22. The summed E-state index contributed by atoms with van der Waals surface area (Å²) >= 11 is 11.5. The van der Waals surface area contributed by atoms with E-state index in [1.165, 1.54) is 30.3 Å². The van der Waals surface area contributed by atoms with Gasteiger partial charge in [-0.05, 0) is 30.3 Å². The monoisotopic (exact) mass is 334 g/mol. The van der Waals surface area contributed by atoms with Gasteiger partial charge in [-0.3, -0.25) is 4.72 Å². The van der Waals surface area contributed by atoms with Crippen LogP contribution in [-0.2, 0) is 10.0 Å². The molecule has 0 bridgehead atoms. The van der Waals surface area contributed by atoms with E-state index in [1.807, 2.05) is 0 Å². The number of rotatable bonds is 3. The maximum atomic E-state index is 13.7. The first-order valence-electron chi connectivity index (χ1n) is 5.32. The Morgan fingerprint density at radius 2 is 1.70 bits per heavy atom. The number of nitrogen functional groups attached to an aromatic ring is 1. The van der Waals surface area contributed by atoms with Crippen molar-refractivity contribution in [1.29, 1.82) is 0 Å². The molecule has 0 radical (unpaired) electrons. The van der Waals surface area contributed by atoms with E-state index in [0.717, 1.165) is 6.07 Å². The topological polar surface area (TPSA) is 72.2 Å². The van der Waals surface area contributed by atoms with Crippen molar-refractivity contribution in [2.75, 3.05) is 10.5 Å². The van der Waals surface area contributed by atoms with E-state index in [0.29, 0.717) is 0 Å². The molecule has 106 valence electrons. The van der Waals surface area contributed by atoms with Crippen LogP contribution in [0.4, 0.5) is 15.8 Å². The number of hydrogen-bond donors (Lipinski definition) is 2. The molecule has 0 unspecified atom stereocenters. The SMILES string of the molecule is Nc1cccc(F)c1S(=O)(=O)Nc1cc(Cl)cc(Cl)c1. The molecule has 0 amide bonds. The van der Waals surface area contributed by atoms with E-state index in [1.54, 1.807) is 0 Å². The van der Waals surface area contributed by atoms with Crippen LogP contribution in [0.15, 0.2) is 41.3 Å². The van der Waals surface area contributed by atoms with Gasteiger partial charge in [0.15, 0.2) is 0 Å². The Morgan fingerprint density at radius 3 is 2.25 bits per heavy atom. The number of sulfonamides is 1. The Balaban J connectivity index is 2.46. The van der Waals surface area contributed by atoms with Crippen molar-refractivity contribution in [1.82, 2.24) is 0 Å². The third-order valence-electron chi connectivity index (χ3n) is 2.38. The number of halogens is 3. The lowest BCUT2D eigenvalue weighted by molar-refractivity contribution is 0.572. The first kappa shape index (κ1) is 14.9. The summed E-state index contributed by atoms with van der Waals surface area (Å²) in [4.78, 5) is -0.615. The Labute approximate surface area is 125 Å². The van der Waals surface area contributed by atoms with E-state index < -0.39 is 20.7 Å². The zero-order chi connectivity index (χ0) is 14.9. The summed E-state index contributed by atoms with van der Waals surface area (Å²) in [6, 6.07) is 7.76. The van der Waals surface area contributed by atoms with Crippen molar-refractivity contribution in [3.05, 3.63) is 52.3 Å². The van der Waals surface area contributed by atoms with Crippen LogP contribution in [0, 0.1) is 5.82 Å². The standard InChI is InChI=1S/C12H9Cl2FN2O2S/c13-7-4-8(14)6-9(5-7)17-20(18,19)12-10(15)2-1-3-11(12)16/h1-6,17H,16H2. The molecule has 0 atom stereocenters. The second-order valence-corrected chi connectivity index (χ2v) is 6.41. The molecule has 2 aromatic rings. The van der Waals surface area contributed by atoms with Gasteiger partial charge in [0, 0.05) is 10.0 Å². The van der Waals surface area contributed by atoms with Crippen molar-refractivity contribution in [2.45, 2.75) is 4.90 Å². The van der Waals surface area contributed by atoms with Gasteiger partial charge in [-0.2, -0.15) is 0 Å². The first-order chi connectivity index (χ1) is 9.29. The van der Waals surface area contributed by atoms with E-state index in [2.05, 4.69) is 4.72 Å². The zero-order valence-electron chi connectivity index (χ0n) is 9.90. The minimum absolute atomic E-state index is 0.116. The van der Waals surface area contributed by atoms with Crippen molar-refractivity contribution < 1.29 is 12.8 Å². The summed E-state index contributed by atoms with van der Waals surface area (Å²) in [5, 5.41) is 0.494. The molecule has 0 heterocycles. The number of nitrogens with two attached hydrogens (primary N) is 1. The van der Waals surface area contributed by atoms with Gasteiger partial charge in [0.2, 0.25) is 0 Å². The van der Waals surface area contributed by atoms with Gasteiger partial charge < -0.3 is 5.73 Å². The van der Waals surface area contributed by atoms with Crippen LogP contribution in [0.5, 0.6) is 0 Å². The molecule has 0 saturated heterocycles. The van der Waals surface area contributed by atoms with Gasteiger partial charge in [-0.25, -0.2) is 12.8 Å². The molecular formula is C12H9Cl2FN2O2S. The molecule has 2 aromatic carbocycles. The Bertz CT molecular complexity index is 726. The Morgan fingerprint density at radius 1 is 1.10 bits per heavy atom. The average molecular weight is 335 g/mol. The summed E-state index contributed by atoms with van der Waals surface area (Å²) in [5.74, 6) is -0.939. The second-order valence-electron chi connectivity index (χ2n) is 3.92. The predicted octanol–water partition coefficient (Wildman–Crippen LogP) is 3.52. The summed E-state index contributed by atoms with van der Waals surface area (Å²) in [7, 11) is -4.18. The van der Waals surface area contributed by atoms with Gasteiger partial charge in [0.05, 0.1) is 11.4 Å². The predicted molar refractivity (Wildman–Crippen MR) is 78.1 cm³/mol. The van der Waals surface area contributed by atoms with Gasteiger partial charge in [0.25, 0.3) is 10.0 Å². The molecule has 0 saturated carbocycles. The smallest absolute Gasteiger partial charge is 0.266 e. The van der Waals surface area contributed by atoms with E-state index in [4.69, 9.17) is 28.9 Å². The maximum absolute atomic E-state index is 13.7. The summed E-state index contributed by atoms with van der Waals surface area (Å²) in [6.45, 7) is 0. The number of nitrogens with one attached hydrogen (secondary N) is 1. The third-order valence-corrected chi connectivity index (χ3v) is 4.29. The molecule has 4 nitrogen and oxygen atoms in total. The highest BCUT2D eigenvalue weighted by molar-refractivity contribution is 7.92. The van der Waals surface area contributed by atoms with Crippen molar-refractivity contribution in [3.63, 3.8) is 0 Å². The van der Waals surface area contributed by atoms with Crippen LogP contribution in [0.2, 0.25) is 10.0 Å². The highest BCUT2D eigenvalue weighted by atomic mass is 35.5. The minimum atomic E-state index is -4.18. The molecule has 0 aromatic heterocycles. The molecule has 0 spiro atoms. The van der Waals surface area contributed by atoms with Crippen molar-refractivity contribution in [2.24, 2.45) is 0 Å². The lowest BCUT2D eigenvalue weighted by Crippen LogP contribution is -2.16. The summed E-state index contributed by atoms with van der Waals surface area (Å²) in [6.07, 6.45) is 0. The number of benzene rings is 2. The number of hydrogen-bond acceptors (Lipinski definition) is 3. The Hall–Kier alpha value is -1.50. The molecule has 0 aliphatic heterocycles. The fourth-order valence-corrected chi connectivity index (χ4v) is 3.39. The number of anilines is 2. The van der Waals surface area contributed by atoms with Crippen LogP contribution in [0.3, 0.4) is 0 Å². The molecule has 2 rings (SSSR count). The first-order valence-corrected chi connectivity index (χ1v) is 7.56. The van der Waals surface area contributed by atoms with Crippen molar-refractivity contribution in [3.8, 4) is 0 Å². The van der Waals surface area contributed by atoms with E-state index >= 15 is 0 Å².